The van der Waals surface area contributed by atoms with Gasteiger partial charge < -0.3 is 15.0 Å². The number of nitrogens with zero attached hydrogens (tertiary/aromatic N) is 3. The molecule has 4 rings (SSSR count). The molecule has 0 radical (unpaired) electrons. The fourth-order valence-electron chi connectivity index (χ4n) is 3.73. The molecule has 0 saturated heterocycles. The normalized spacial score (nSPS) is 12.6. The maximum Gasteiger partial charge on any atom is 0.269 e. The molecule has 7 nitrogen and oxygen atoms in total. The molecule has 0 fully saturated rings. The number of ether oxygens (including phenoxy) is 1. The van der Waals surface area contributed by atoms with Crippen LogP contribution in [0, 0.1) is 0 Å². The van der Waals surface area contributed by atoms with Gasteiger partial charge in [-0.2, -0.15) is 5.06 Å². The molecule has 0 aliphatic rings. The summed E-state index contributed by atoms with van der Waals surface area (Å²) in [4.78, 5) is 22.9. The zero-order valence-electron chi connectivity index (χ0n) is 23.9. The largest absolute Gasteiger partial charge is 0.489 e. The van der Waals surface area contributed by atoms with Crippen LogP contribution in [0.1, 0.15) is 31.9 Å². The van der Waals surface area contributed by atoms with E-state index in [0.717, 1.165) is 22.4 Å². The summed E-state index contributed by atoms with van der Waals surface area (Å²) >= 11 is 0. The van der Waals surface area contributed by atoms with E-state index in [0.29, 0.717) is 18.7 Å². The first kappa shape index (κ1) is 29.1. The Morgan fingerprint density at radius 3 is 2.10 bits per heavy atom. The molecule has 0 aliphatic carbocycles. The minimum Gasteiger partial charge on any atom is -0.489 e. The third kappa shape index (κ3) is 7.41. The van der Waals surface area contributed by atoms with Gasteiger partial charge in [0, 0.05) is 11.8 Å². The molecule has 1 atom stereocenters. The van der Waals surface area contributed by atoms with Crippen molar-refractivity contribution in [2.75, 3.05) is 5.06 Å². The number of nitrogens with two attached hydrogens (primary N) is 1. The van der Waals surface area contributed by atoms with Crippen molar-refractivity contribution in [3.8, 4) is 17.0 Å². The van der Waals surface area contributed by atoms with Crippen LogP contribution in [0.4, 0.5) is 5.95 Å². The van der Waals surface area contributed by atoms with Crippen molar-refractivity contribution >= 4 is 20.2 Å². The van der Waals surface area contributed by atoms with Gasteiger partial charge in [-0.1, -0.05) is 81.4 Å². The van der Waals surface area contributed by atoms with E-state index in [1.165, 1.54) is 5.06 Å². The standard InChI is InChI=1S/C32H38N4O3Si/c1-32(2,3)40(4,5)39-36(30(37)28(33)22-24-12-8-6-9-13-24)31-34-21-20-29(35-31)26-16-18-27(19-17-26)38-23-25-14-10-7-11-15-25/h6-21,28H,22-23,33H2,1-5H3/t28-/m0/s1. The lowest BCUT2D eigenvalue weighted by Gasteiger charge is -2.39. The van der Waals surface area contributed by atoms with Crippen molar-refractivity contribution in [3.05, 3.63) is 108 Å². The molecule has 1 amide bonds. The van der Waals surface area contributed by atoms with Crippen LogP contribution < -0.4 is 15.5 Å². The van der Waals surface area contributed by atoms with Gasteiger partial charge in [0.15, 0.2) is 0 Å². The molecule has 0 spiro atoms. The van der Waals surface area contributed by atoms with Crippen molar-refractivity contribution < 1.29 is 14.1 Å². The third-order valence-corrected chi connectivity index (χ3v) is 11.4. The highest BCUT2D eigenvalue weighted by atomic mass is 28.4. The highest BCUT2D eigenvalue weighted by Gasteiger charge is 2.42. The Bertz CT molecular complexity index is 1390. The summed E-state index contributed by atoms with van der Waals surface area (Å²) in [5.74, 6) is 0.544. The Morgan fingerprint density at radius 1 is 0.900 bits per heavy atom. The second kappa shape index (κ2) is 12.5. The van der Waals surface area contributed by atoms with Crippen LogP contribution in [0.15, 0.2) is 97.2 Å². The van der Waals surface area contributed by atoms with Crippen LogP contribution >= 0.6 is 0 Å². The molecule has 4 aromatic rings. The van der Waals surface area contributed by atoms with Crippen LogP contribution in [0.25, 0.3) is 11.3 Å². The zero-order chi connectivity index (χ0) is 28.8. The predicted molar refractivity (Wildman–Crippen MR) is 162 cm³/mol. The van der Waals surface area contributed by atoms with Crippen molar-refractivity contribution in [3.63, 3.8) is 0 Å². The number of amides is 1. The zero-order valence-corrected chi connectivity index (χ0v) is 24.9. The highest BCUT2D eigenvalue weighted by molar-refractivity contribution is 6.74. The number of rotatable bonds is 10. The molecule has 0 bridgehead atoms. The fourth-order valence-corrected chi connectivity index (χ4v) is 4.63. The Labute approximate surface area is 238 Å². The van der Waals surface area contributed by atoms with Crippen LogP contribution in [0.5, 0.6) is 5.75 Å². The average molecular weight is 555 g/mol. The van der Waals surface area contributed by atoms with Gasteiger partial charge in [-0.15, -0.1) is 0 Å². The number of carbonyl (C=O) groups excluding carboxylic acids is 1. The van der Waals surface area contributed by atoms with Crippen molar-refractivity contribution in [2.45, 2.75) is 58.0 Å². The van der Waals surface area contributed by atoms with Crippen molar-refractivity contribution in [1.82, 2.24) is 9.97 Å². The minimum absolute atomic E-state index is 0.151. The molecule has 0 saturated carbocycles. The molecule has 2 N–H and O–H groups in total. The minimum atomic E-state index is -2.44. The van der Waals surface area contributed by atoms with Crippen LogP contribution in [0.3, 0.4) is 0 Å². The molecule has 3 aromatic carbocycles. The predicted octanol–water partition coefficient (Wildman–Crippen LogP) is 6.56. The second-order valence-electron chi connectivity index (χ2n) is 11.3. The number of hydrogen-bond acceptors (Lipinski definition) is 6. The molecule has 0 unspecified atom stereocenters. The number of benzene rings is 3. The molecule has 8 heteroatoms. The van der Waals surface area contributed by atoms with Gasteiger partial charge in [0.05, 0.1) is 11.7 Å². The molecule has 1 aromatic heterocycles. The Morgan fingerprint density at radius 2 is 1.50 bits per heavy atom. The summed E-state index contributed by atoms with van der Waals surface area (Å²) < 4.78 is 12.4. The summed E-state index contributed by atoms with van der Waals surface area (Å²) in [6.45, 7) is 11.0. The van der Waals surface area contributed by atoms with E-state index in [2.05, 4.69) is 38.8 Å². The number of hydrogen-bond donors (Lipinski definition) is 1. The van der Waals surface area contributed by atoms with Crippen LogP contribution in [-0.4, -0.2) is 30.2 Å². The average Bonchev–Trinajstić information content (AvgIpc) is 2.95. The maximum atomic E-state index is 13.7. The first-order valence-electron chi connectivity index (χ1n) is 13.5. The summed E-state index contributed by atoms with van der Waals surface area (Å²) in [5.41, 5.74) is 10.0. The van der Waals surface area contributed by atoms with E-state index >= 15 is 0 Å². The van der Waals surface area contributed by atoms with E-state index in [1.807, 2.05) is 91.0 Å². The van der Waals surface area contributed by atoms with Gasteiger partial charge in [0.1, 0.15) is 12.4 Å². The molecule has 40 heavy (non-hydrogen) atoms. The van der Waals surface area contributed by atoms with E-state index < -0.39 is 14.4 Å². The van der Waals surface area contributed by atoms with Crippen LogP contribution in [-0.2, 0) is 22.3 Å². The second-order valence-corrected chi connectivity index (χ2v) is 16.0. The van der Waals surface area contributed by atoms with Gasteiger partial charge in [0.2, 0.25) is 8.32 Å². The number of anilines is 1. The van der Waals surface area contributed by atoms with Gasteiger partial charge in [-0.3, -0.25) is 4.79 Å². The Kier molecular flexibility index (Phi) is 9.14. The quantitative estimate of drug-likeness (QED) is 0.176. The van der Waals surface area contributed by atoms with Gasteiger partial charge in [-0.25, -0.2) is 9.97 Å². The van der Waals surface area contributed by atoms with E-state index in [9.17, 15) is 4.79 Å². The van der Waals surface area contributed by atoms with Crippen LogP contribution in [0.2, 0.25) is 18.1 Å². The van der Waals surface area contributed by atoms with E-state index in [-0.39, 0.29) is 16.9 Å². The summed E-state index contributed by atoms with van der Waals surface area (Å²) in [6, 6.07) is 28.4. The number of carbonyl (C=O) groups is 1. The lowest BCUT2D eigenvalue weighted by atomic mass is 10.1. The summed E-state index contributed by atoms with van der Waals surface area (Å²) in [7, 11) is -2.44. The van der Waals surface area contributed by atoms with Gasteiger partial charge in [0.25, 0.3) is 11.9 Å². The Balaban J connectivity index is 1.57. The SMILES string of the molecule is CC(C)(C)[Si](C)(C)ON(C(=O)[C@@H](N)Cc1ccccc1)c1nccc(-c2ccc(OCc3ccccc3)cc2)n1. The maximum absolute atomic E-state index is 13.7. The smallest absolute Gasteiger partial charge is 0.269 e. The first-order chi connectivity index (χ1) is 19.0. The first-order valence-corrected chi connectivity index (χ1v) is 16.4. The number of hydroxylamine groups is 1. The summed E-state index contributed by atoms with van der Waals surface area (Å²) in [5, 5.41) is 1.08. The lowest BCUT2D eigenvalue weighted by molar-refractivity contribution is -0.124. The van der Waals surface area contributed by atoms with Gasteiger partial charge in [-0.05, 0) is 66.0 Å². The van der Waals surface area contributed by atoms with Crippen molar-refractivity contribution in [1.29, 1.82) is 0 Å². The molecular weight excluding hydrogens is 516 g/mol. The highest BCUT2D eigenvalue weighted by Crippen LogP contribution is 2.38. The summed E-state index contributed by atoms with van der Waals surface area (Å²) in [6.07, 6.45) is 2.01. The molecular formula is C32H38N4O3Si. The topological polar surface area (TPSA) is 90.6 Å². The monoisotopic (exact) mass is 554 g/mol. The fraction of sp³-hybridized carbons (Fsp3) is 0.281. The molecule has 208 valence electrons. The van der Waals surface area contributed by atoms with Crippen molar-refractivity contribution in [2.24, 2.45) is 5.73 Å². The van der Waals surface area contributed by atoms with Gasteiger partial charge >= 0.3 is 0 Å². The lowest BCUT2D eigenvalue weighted by Crippen LogP contribution is -2.53. The van der Waals surface area contributed by atoms with E-state index in [1.54, 1.807) is 6.20 Å². The van der Waals surface area contributed by atoms with E-state index in [4.69, 9.17) is 20.0 Å². The number of aromatic nitrogens is 2. The molecule has 0 aliphatic heterocycles. The Hall–Kier alpha value is -3.85. The molecule has 1 heterocycles. The third-order valence-electron chi connectivity index (χ3n) is 7.16.